The molecule has 1 N–H and O–H groups in total. The van der Waals surface area contributed by atoms with Gasteiger partial charge in [0.2, 0.25) is 5.91 Å². The molecular weight excluding hydrogens is 297 g/mol. The molecule has 0 atom stereocenters. The van der Waals surface area contributed by atoms with Gasteiger partial charge in [-0.05, 0) is 31.0 Å². The number of nitrogens with zero attached hydrogens (tertiary/aromatic N) is 2. The Bertz CT molecular complexity index is 649. The van der Waals surface area contributed by atoms with E-state index in [4.69, 9.17) is 23.2 Å². The topological polar surface area (TPSA) is 46.9 Å². The van der Waals surface area contributed by atoms with E-state index in [1.54, 1.807) is 0 Å². The molecule has 20 heavy (non-hydrogen) atoms. The summed E-state index contributed by atoms with van der Waals surface area (Å²) in [4.78, 5) is 16.1. The molecule has 1 fully saturated rings. The molecule has 2 aromatic rings. The molecule has 106 valence electrons. The van der Waals surface area contributed by atoms with Gasteiger partial charge in [-0.1, -0.05) is 11.6 Å². The van der Waals surface area contributed by atoms with Crippen LogP contribution in [0.3, 0.4) is 0 Å². The van der Waals surface area contributed by atoms with Crippen molar-refractivity contribution in [3.05, 3.63) is 29.0 Å². The average molecular weight is 312 g/mol. The van der Waals surface area contributed by atoms with Crippen molar-refractivity contribution in [1.29, 1.82) is 0 Å². The van der Waals surface area contributed by atoms with Crippen LogP contribution >= 0.6 is 23.2 Å². The lowest BCUT2D eigenvalue weighted by atomic mass is 10.3. The third-order valence-electron chi connectivity index (χ3n) is 3.49. The quantitative estimate of drug-likeness (QED) is 0.863. The van der Waals surface area contributed by atoms with Crippen LogP contribution < -0.4 is 5.32 Å². The molecule has 1 aliphatic carbocycles. The zero-order valence-corrected chi connectivity index (χ0v) is 12.4. The first-order valence-corrected chi connectivity index (χ1v) is 7.58. The fourth-order valence-corrected chi connectivity index (χ4v) is 2.66. The highest BCUT2D eigenvalue weighted by molar-refractivity contribution is 6.31. The Morgan fingerprint density at radius 2 is 2.25 bits per heavy atom. The van der Waals surface area contributed by atoms with Crippen molar-refractivity contribution in [3.63, 3.8) is 0 Å². The summed E-state index contributed by atoms with van der Waals surface area (Å²) in [6.45, 7) is 1.26. The summed E-state index contributed by atoms with van der Waals surface area (Å²) in [6, 6.07) is 5.60. The lowest BCUT2D eigenvalue weighted by Crippen LogP contribution is -2.28. The summed E-state index contributed by atoms with van der Waals surface area (Å²) < 4.78 is 2.03. The molecule has 1 heterocycles. The van der Waals surface area contributed by atoms with E-state index in [-0.39, 0.29) is 11.8 Å². The highest BCUT2D eigenvalue weighted by Gasteiger charge is 2.29. The third kappa shape index (κ3) is 2.76. The van der Waals surface area contributed by atoms with E-state index < -0.39 is 0 Å². The first-order valence-electron chi connectivity index (χ1n) is 6.67. The summed E-state index contributed by atoms with van der Waals surface area (Å²) in [7, 11) is 0. The van der Waals surface area contributed by atoms with Crippen LogP contribution in [0, 0.1) is 5.92 Å². The van der Waals surface area contributed by atoms with E-state index in [9.17, 15) is 4.79 Å². The average Bonchev–Trinajstić information content (AvgIpc) is 3.22. The van der Waals surface area contributed by atoms with Gasteiger partial charge in [0.15, 0.2) is 0 Å². The van der Waals surface area contributed by atoms with Crippen LogP contribution in [-0.2, 0) is 17.2 Å². The molecule has 1 saturated carbocycles. The predicted octanol–water partition coefficient (Wildman–Crippen LogP) is 2.95. The molecular formula is C14H15Cl2N3O. The molecule has 0 spiro atoms. The molecule has 0 aliphatic heterocycles. The van der Waals surface area contributed by atoms with E-state index in [2.05, 4.69) is 10.3 Å². The van der Waals surface area contributed by atoms with Crippen molar-refractivity contribution in [3.8, 4) is 0 Å². The standard InChI is InChI=1S/C14H15Cl2N3O/c15-8-13-18-11-7-10(16)3-4-12(11)19(13)6-5-17-14(20)9-1-2-9/h3-4,7,9H,1-2,5-6,8H2,(H,17,20). The van der Waals surface area contributed by atoms with Gasteiger partial charge in [-0.25, -0.2) is 4.98 Å². The normalized spacial score (nSPS) is 14.7. The van der Waals surface area contributed by atoms with Gasteiger partial charge < -0.3 is 9.88 Å². The molecule has 4 nitrogen and oxygen atoms in total. The predicted molar refractivity (Wildman–Crippen MR) is 80.0 cm³/mol. The minimum absolute atomic E-state index is 0.157. The second-order valence-corrected chi connectivity index (χ2v) is 5.72. The fraction of sp³-hybridized carbons (Fsp3) is 0.429. The molecule has 1 aromatic carbocycles. The van der Waals surface area contributed by atoms with Gasteiger partial charge in [0.05, 0.1) is 16.9 Å². The zero-order valence-electron chi connectivity index (χ0n) is 10.9. The molecule has 3 rings (SSSR count). The molecule has 0 unspecified atom stereocenters. The van der Waals surface area contributed by atoms with Crippen molar-refractivity contribution in [2.24, 2.45) is 5.92 Å². The SMILES string of the molecule is O=C(NCCn1c(CCl)nc2cc(Cl)ccc21)C1CC1. The molecule has 1 aromatic heterocycles. The highest BCUT2D eigenvalue weighted by atomic mass is 35.5. The van der Waals surface area contributed by atoms with Gasteiger partial charge in [0.1, 0.15) is 5.82 Å². The molecule has 6 heteroatoms. The molecule has 0 saturated heterocycles. The molecule has 0 bridgehead atoms. The number of alkyl halides is 1. The maximum absolute atomic E-state index is 11.6. The van der Waals surface area contributed by atoms with Crippen molar-refractivity contribution in [2.45, 2.75) is 25.3 Å². The van der Waals surface area contributed by atoms with Gasteiger partial charge in [-0.2, -0.15) is 0 Å². The van der Waals surface area contributed by atoms with Gasteiger partial charge in [-0.3, -0.25) is 4.79 Å². The Labute approximate surface area is 127 Å². The van der Waals surface area contributed by atoms with E-state index >= 15 is 0 Å². The zero-order chi connectivity index (χ0) is 14.1. The number of hydrogen-bond donors (Lipinski definition) is 1. The van der Waals surface area contributed by atoms with Crippen molar-refractivity contribution in [1.82, 2.24) is 14.9 Å². The van der Waals surface area contributed by atoms with E-state index in [0.29, 0.717) is 24.0 Å². The minimum Gasteiger partial charge on any atom is -0.354 e. The number of halogens is 2. The van der Waals surface area contributed by atoms with Gasteiger partial charge >= 0.3 is 0 Å². The van der Waals surface area contributed by atoms with Gasteiger partial charge in [0, 0.05) is 24.0 Å². The Hall–Kier alpha value is -1.26. The Morgan fingerprint density at radius 1 is 1.45 bits per heavy atom. The molecule has 0 radical (unpaired) electrons. The van der Waals surface area contributed by atoms with Crippen LogP contribution in [0.1, 0.15) is 18.7 Å². The van der Waals surface area contributed by atoms with E-state index in [0.717, 1.165) is 29.7 Å². The monoisotopic (exact) mass is 311 g/mol. The maximum Gasteiger partial charge on any atom is 0.223 e. The minimum atomic E-state index is 0.157. The Kier molecular flexibility index (Phi) is 3.85. The summed E-state index contributed by atoms with van der Waals surface area (Å²) in [5.74, 6) is 1.53. The third-order valence-corrected chi connectivity index (χ3v) is 3.97. The summed E-state index contributed by atoms with van der Waals surface area (Å²) in [5, 5.41) is 3.61. The summed E-state index contributed by atoms with van der Waals surface area (Å²) >= 11 is 11.9. The maximum atomic E-state index is 11.6. The molecule has 1 aliphatic rings. The number of fused-ring (bicyclic) bond motifs is 1. The van der Waals surface area contributed by atoms with Crippen LogP contribution in [-0.4, -0.2) is 22.0 Å². The smallest absolute Gasteiger partial charge is 0.223 e. The van der Waals surface area contributed by atoms with E-state index in [1.807, 2.05) is 22.8 Å². The fourth-order valence-electron chi connectivity index (χ4n) is 2.29. The number of carbonyl (C=O) groups excluding carboxylic acids is 1. The van der Waals surface area contributed by atoms with Crippen LogP contribution in [0.15, 0.2) is 18.2 Å². The highest BCUT2D eigenvalue weighted by Crippen LogP contribution is 2.28. The van der Waals surface area contributed by atoms with Crippen LogP contribution in [0.2, 0.25) is 5.02 Å². The number of benzene rings is 1. The first kappa shape index (κ1) is 13.7. The van der Waals surface area contributed by atoms with Crippen LogP contribution in [0.25, 0.3) is 11.0 Å². The van der Waals surface area contributed by atoms with Gasteiger partial charge in [0.25, 0.3) is 0 Å². The number of imidazole rings is 1. The lowest BCUT2D eigenvalue weighted by Gasteiger charge is -2.09. The second kappa shape index (κ2) is 5.62. The van der Waals surface area contributed by atoms with Crippen LogP contribution in [0.4, 0.5) is 0 Å². The number of aromatic nitrogens is 2. The number of amides is 1. The number of nitrogens with one attached hydrogen (secondary N) is 1. The second-order valence-electron chi connectivity index (χ2n) is 5.01. The molecule has 1 amide bonds. The van der Waals surface area contributed by atoms with Crippen molar-refractivity contribution >= 4 is 40.1 Å². The number of rotatable bonds is 5. The van der Waals surface area contributed by atoms with Crippen molar-refractivity contribution in [2.75, 3.05) is 6.54 Å². The summed E-state index contributed by atoms with van der Waals surface area (Å²) in [5.41, 5.74) is 1.83. The number of hydrogen-bond acceptors (Lipinski definition) is 2. The van der Waals surface area contributed by atoms with Gasteiger partial charge in [-0.15, -0.1) is 11.6 Å². The van der Waals surface area contributed by atoms with E-state index in [1.165, 1.54) is 0 Å². The summed E-state index contributed by atoms with van der Waals surface area (Å²) in [6.07, 6.45) is 2.04. The Morgan fingerprint density at radius 3 is 2.95 bits per heavy atom. The van der Waals surface area contributed by atoms with Crippen molar-refractivity contribution < 1.29 is 4.79 Å². The first-order chi connectivity index (χ1) is 9.69. The van der Waals surface area contributed by atoms with Crippen LogP contribution in [0.5, 0.6) is 0 Å². The largest absolute Gasteiger partial charge is 0.354 e. The number of carbonyl (C=O) groups is 1. The Balaban J connectivity index is 1.76. The lowest BCUT2D eigenvalue weighted by molar-refractivity contribution is -0.122.